The fraction of sp³-hybridized carbons (Fsp3) is 0.600. The SMILES string of the molecule is CC(CCl)CCCNS(=O)(=O)c1cc(Cl)c(Br)s1. The molecule has 0 aliphatic carbocycles. The largest absolute Gasteiger partial charge is 0.250 e. The molecular weight excluding hydrogens is 381 g/mol. The van der Waals surface area contributed by atoms with Gasteiger partial charge in [0.05, 0.1) is 8.81 Å². The van der Waals surface area contributed by atoms with E-state index in [0.717, 1.165) is 24.2 Å². The van der Waals surface area contributed by atoms with E-state index in [2.05, 4.69) is 20.7 Å². The number of sulfonamides is 1. The summed E-state index contributed by atoms with van der Waals surface area (Å²) in [6.07, 6.45) is 1.67. The molecule has 1 rings (SSSR count). The van der Waals surface area contributed by atoms with Gasteiger partial charge in [0.25, 0.3) is 0 Å². The molecular formula is C10H14BrCl2NO2S2. The summed E-state index contributed by atoms with van der Waals surface area (Å²) >= 11 is 15.8. The quantitative estimate of drug-likeness (QED) is 0.558. The van der Waals surface area contributed by atoms with Crippen molar-refractivity contribution in [2.75, 3.05) is 12.4 Å². The van der Waals surface area contributed by atoms with Crippen LogP contribution >= 0.6 is 50.5 Å². The first-order valence-electron chi connectivity index (χ1n) is 5.37. The molecule has 1 N–H and O–H groups in total. The average molecular weight is 395 g/mol. The normalized spacial score (nSPS) is 13.8. The fourth-order valence-corrected chi connectivity index (χ4v) is 4.94. The van der Waals surface area contributed by atoms with Crippen LogP contribution in [0.25, 0.3) is 0 Å². The van der Waals surface area contributed by atoms with Gasteiger partial charge in [-0.3, -0.25) is 0 Å². The van der Waals surface area contributed by atoms with Crippen LogP contribution in [0.15, 0.2) is 14.1 Å². The Morgan fingerprint density at radius 2 is 2.22 bits per heavy atom. The Balaban J connectivity index is 2.50. The molecule has 0 fully saturated rings. The molecule has 0 aromatic carbocycles. The first-order chi connectivity index (χ1) is 8.36. The number of hydrogen-bond acceptors (Lipinski definition) is 3. The fourth-order valence-electron chi connectivity index (χ4n) is 1.26. The molecule has 0 aliphatic heterocycles. The molecule has 0 spiro atoms. The molecule has 0 saturated heterocycles. The molecule has 3 nitrogen and oxygen atoms in total. The summed E-state index contributed by atoms with van der Waals surface area (Å²) in [6.45, 7) is 2.45. The predicted octanol–water partition coefficient (Wildman–Crippen LogP) is 4.10. The van der Waals surface area contributed by atoms with Crippen molar-refractivity contribution < 1.29 is 8.42 Å². The third kappa shape index (κ3) is 4.98. The molecule has 1 atom stereocenters. The number of nitrogens with one attached hydrogen (secondary N) is 1. The molecule has 8 heteroatoms. The first kappa shape index (κ1) is 16.7. The van der Waals surface area contributed by atoms with E-state index in [-0.39, 0.29) is 4.21 Å². The molecule has 1 aromatic rings. The van der Waals surface area contributed by atoms with Crippen LogP contribution in [0.4, 0.5) is 0 Å². The van der Waals surface area contributed by atoms with Crippen LogP contribution in [-0.4, -0.2) is 20.8 Å². The van der Waals surface area contributed by atoms with Crippen LogP contribution in [0.3, 0.4) is 0 Å². The van der Waals surface area contributed by atoms with Crippen LogP contribution in [-0.2, 0) is 10.0 Å². The second kappa shape index (κ2) is 7.45. The summed E-state index contributed by atoms with van der Waals surface area (Å²) < 4.78 is 27.2. The third-order valence-electron chi connectivity index (χ3n) is 2.32. The monoisotopic (exact) mass is 393 g/mol. The van der Waals surface area contributed by atoms with Crippen LogP contribution in [0.5, 0.6) is 0 Å². The number of halogens is 3. The Morgan fingerprint density at radius 3 is 2.72 bits per heavy atom. The summed E-state index contributed by atoms with van der Waals surface area (Å²) in [5.74, 6) is 1.00. The zero-order chi connectivity index (χ0) is 13.8. The zero-order valence-electron chi connectivity index (χ0n) is 9.75. The maximum Gasteiger partial charge on any atom is 0.250 e. The number of alkyl halides is 1. The number of hydrogen-bond donors (Lipinski definition) is 1. The highest BCUT2D eigenvalue weighted by atomic mass is 79.9. The van der Waals surface area contributed by atoms with Crippen molar-refractivity contribution in [1.29, 1.82) is 0 Å². The van der Waals surface area contributed by atoms with E-state index in [0.29, 0.717) is 27.2 Å². The molecule has 104 valence electrons. The van der Waals surface area contributed by atoms with E-state index in [4.69, 9.17) is 23.2 Å². The molecule has 0 radical (unpaired) electrons. The average Bonchev–Trinajstić information content (AvgIpc) is 2.66. The van der Waals surface area contributed by atoms with E-state index >= 15 is 0 Å². The minimum absolute atomic E-state index is 0.227. The number of rotatable bonds is 7. The van der Waals surface area contributed by atoms with Crippen molar-refractivity contribution in [2.24, 2.45) is 5.92 Å². The maximum absolute atomic E-state index is 11.9. The molecule has 1 heterocycles. The topological polar surface area (TPSA) is 46.2 Å². The lowest BCUT2D eigenvalue weighted by Gasteiger charge is -2.07. The van der Waals surface area contributed by atoms with Crippen molar-refractivity contribution in [3.8, 4) is 0 Å². The molecule has 0 bridgehead atoms. The summed E-state index contributed by atoms with van der Waals surface area (Å²) in [5.41, 5.74) is 0. The number of thiophene rings is 1. The molecule has 18 heavy (non-hydrogen) atoms. The molecule has 0 saturated carbocycles. The third-order valence-corrected chi connectivity index (χ3v) is 7.25. The minimum atomic E-state index is -3.45. The van der Waals surface area contributed by atoms with Crippen molar-refractivity contribution in [2.45, 2.75) is 24.0 Å². The maximum atomic E-state index is 11.9. The van der Waals surface area contributed by atoms with Gasteiger partial charge in [0.1, 0.15) is 4.21 Å². The van der Waals surface area contributed by atoms with Gasteiger partial charge >= 0.3 is 0 Å². The first-order valence-corrected chi connectivity index (χ1v) is 9.37. The lowest BCUT2D eigenvalue weighted by molar-refractivity contribution is 0.544. The van der Waals surface area contributed by atoms with Crippen LogP contribution < -0.4 is 4.72 Å². The van der Waals surface area contributed by atoms with Gasteiger partial charge in [-0.15, -0.1) is 22.9 Å². The summed E-state index contributed by atoms with van der Waals surface area (Å²) in [7, 11) is -3.45. The Kier molecular flexibility index (Phi) is 6.92. The van der Waals surface area contributed by atoms with Gasteiger partial charge in [0.15, 0.2) is 0 Å². The lowest BCUT2D eigenvalue weighted by Crippen LogP contribution is -2.24. The second-order valence-corrected chi connectivity index (χ2v) is 9.07. The summed E-state index contributed by atoms with van der Waals surface area (Å²) in [5, 5.41) is 0.413. The Morgan fingerprint density at radius 1 is 1.56 bits per heavy atom. The molecule has 0 aliphatic rings. The van der Waals surface area contributed by atoms with E-state index in [1.165, 1.54) is 6.07 Å². The Labute approximate surface area is 130 Å². The smallest absolute Gasteiger partial charge is 0.210 e. The predicted molar refractivity (Wildman–Crippen MR) is 81.3 cm³/mol. The van der Waals surface area contributed by atoms with E-state index in [1.807, 2.05) is 6.92 Å². The second-order valence-electron chi connectivity index (χ2n) is 3.99. The highest BCUT2D eigenvalue weighted by molar-refractivity contribution is 9.11. The Hall–Kier alpha value is 0.670. The van der Waals surface area contributed by atoms with Gasteiger partial charge in [-0.1, -0.05) is 18.5 Å². The van der Waals surface area contributed by atoms with Gasteiger partial charge in [-0.05, 0) is 40.8 Å². The van der Waals surface area contributed by atoms with Crippen molar-refractivity contribution in [3.63, 3.8) is 0 Å². The highest BCUT2D eigenvalue weighted by Crippen LogP contribution is 2.34. The van der Waals surface area contributed by atoms with Crippen LogP contribution in [0, 0.1) is 5.92 Å². The molecule has 1 unspecified atom stereocenters. The highest BCUT2D eigenvalue weighted by Gasteiger charge is 2.18. The lowest BCUT2D eigenvalue weighted by atomic mass is 10.1. The molecule has 1 aromatic heterocycles. The van der Waals surface area contributed by atoms with Crippen molar-refractivity contribution in [3.05, 3.63) is 14.9 Å². The standard InChI is InChI=1S/C10H14BrCl2NO2S2/c1-7(6-12)3-2-4-14-18(15,16)9-5-8(13)10(11)17-9/h5,7,14H,2-4,6H2,1H3. The van der Waals surface area contributed by atoms with Crippen molar-refractivity contribution >= 4 is 60.5 Å². The Bertz CT molecular complexity index is 471. The van der Waals surface area contributed by atoms with Gasteiger partial charge in [0.2, 0.25) is 10.0 Å². The van der Waals surface area contributed by atoms with Gasteiger partial charge in [-0.2, -0.15) is 0 Å². The van der Waals surface area contributed by atoms with E-state index < -0.39 is 10.0 Å². The minimum Gasteiger partial charge on any atom is -0.210 e. The van der Waals surface area contributed by atoms with E-state index in [1.54, 1.807) is 0 Å². The van der Waals surface area contributed by atoms with E-state index in [9.17, 15) is 8.42 Å². The van der Waals surface area contributed by atoms with Crippen molar-refractivity contribution in [1.82, 2.24) is 4.72 Å². The molecule has 0 amide bonds. The van der Waals surface area contributed by atoms with Gasteiger partial charge in [-0.25, -0.2) is 13.1 Å². The van der Waals surface area contributed by atoms with Crippen LogP contribution in [0.2, 0.25) is 5.02 Å². The van der Waals surface area contributed by atoms with Gasteiger partial charge in [0, 0.05) is 12.4 Å². The van der Waals surface area contributed by atoms with Gasteiger partial charge < -0.3 is 0 Å². The van der Waals surface area contributed by atoms with Crippen LogP contribution in [0.1, 0.15) is 19.8 Å². The summed E-state index contributed by atoms with van der Waals surface area (Å²) in [6, 6.07) is 1.44. The summed E-state index contributed by atoms with van der Waals surface area (Å²) in [4.78, 5) is 0. The zero-order valence-corrected chi connectivity index (χ0v) is 14.5.